The van der Waals surface area contributed by atoms with Crippen molar-refractivity contribution in [2.24, 2.45) is 0 Å². The van der Waals surface area contributed by atoms with Crippen LogP contribution in [0.1, 0.15) is 43.1 Å². The summed E-state index contributed by atoms with van der Waals surface area (Å²) >= 11 is 5.70. The van der Waals surface area contributed by atoms with Crippen LogP contribution in [0.15, 0.2) is 12.3 Å². The number of hydrogen-bond donors (Lipinski definition) is 2. The molecule has 0 radical (unpaired) electrons. The Bertz CT molecular complexity index is 466. The minimum Gasteiger partial charge on any atom is -0.448 e. The number of nitrogens with one attached hydrogen (secondary N) is 2. The maximum atomic E-state index is 11.8. The summed E-state index contributed by atoms with van der Waals surface area (Å²) in [6, 6.07) is 1.68. The molecular formula is C13H17ClN2O3. The van der Waals surface area contributed by atoms with Gasteiger partial charge in [-0.1, -0.05) is 24.4 Å². The molecule has 0 aliphatic heterocycles. The number of carbonyl (C=O) groups is 2. The van der Waals surface area contributed by atoms with E-state index in [2.05, 4.69) is 10.3 Å². The van der Waals surface area contributed by atoms with Crippen molar-refractivity contribution in [2.45, 2.75) is 44.8 Å². The number of hydrogen-bond acceptors (Lipinski definition) is 3. The van der Waals surface area contributed by atoms with Crippen molar-refractivity contribution in [1.29, 1.82) is 0 Å². The van der Waals surface area contributed by atoms with Crippen molar-refractivity contribution in [3.8, 4) is 0 Å². The second kappa shape index (κ2) is 6.10. The molecule has 2 N–H and O–H groups in total. The SMILES string of the molecule is C[C@H](OC(=O)c1cc(Cl)c[nH]1)C(=O)NC1CCCC1. The number of aromatic amines is 1. The molecule has 6 heteroatoms. The zero-order valence-electron chi connectivity index (χ0n) is 10.7. The lowest BCUT2D eigenvalue weighted by atomic mass is 10.2. The topological polar surface area (TPSA) is 71.2 Å². The number of rotatable bonds is 4. The number of aromatic nitrogens is 1. The Morgan fingerprint density at radius 2 is 2.16 bits per heavy atom. The Kier molecular flexibility index (Phi) is 4.47. The van der Waals surface area contributed by atoms with E-state index in [1.54, 1.807) is 6.92 Å². The van der Waals surface area contributed by atoms with Crippen molar-refractivity contribution < 1.29 is 14.3 Å². The molecule has 0 unspecified atom stereocenters. The summed E-state index contributed by atoms with van der Waals surface area (Å²) in [6.07, 6.45) is 4.95. The van der Waals surface area contributed by atoms with Crippen LogP contribution < -0.4 is 5.32 Å². The van der Waals surface area contributed by atoms with Gasteiger partial charge in [-0.2, -0.15) is 0 Å². The molecule has 1 aromatic heterocycles. The number of esters is 1. The van der Waals surface area contributed by atoms with E-state index in [9.17, 15) is 9.59 Å². The van der Waals surface area contributed by atoms with Gasteiger partial charge in [0.1, 0.15) is 5.69 Å². The average molecular weight is 285 g/mol. The van der Waals surface area contributed by atoms with E-state index in [4.69, 9.17) is 16.3 Å². The Morgan fingerprint density at radius 3 is 2.74 bits per heavy atom. The third-order valence-corrected chi connectivity index (χ3v) is 3.44. The molecule has 1 saturated carbocycles. The number of ether oxygens (including phenoxy) is 1. The molecule has 0 bridgehead atoms. The minimum absolute atomic E-state index is 0.216. The molecule has 0 spiro atoms. The molecule has 1 aliphatic rings. The maximum absolute atomic E-state index is 11.8. The lowest BCUT2D eigenvalue weighted by molar-refractivity contribution is -0.129. The van der Waals surface area contributed by atoms with Crippen molar-refractivity contribution in [1.82, 2.24) is 10.3 Å². The van der Waals surface area contributed by atoms with Crippen LogP contribution in [0, 0.1) is 0 Å². The number of H-pyrrole nitrogens is 1. The van der Waals surface area contributed by atoms with Gasteiger partial charge in [0.15, 0.2) is 6.10 Å². The zero-order valence-corrected chi connectivity index (χ0v) is 11.5. The van der Waals surface area contributed by atoms with Gasteiger partial charge in [0.05, 0.1) is 5.02 Å². The van der Waals surface area contributed by atoms with Crippen LogP contribution in [0.5, 0.6) is 0 Å². The summed E-state index contributed by atoms with van der Waals surface area (Å²) in [6.45, 7) is 1.56. The Morgan fingerprint density at radius 1 is 1.47 bits per heavy atom. The van der Waals surface area contributed by atoms with E-state index in [1.165, 1.54) is 12.3 Å². The van der Waals surface area contributed by atoms with Crippen LogP contribution in [0.4, 0.5) is 0 Å². The fourth-order valence-corrected chi connectivity index (χ4v) is 2.32. The van der Waals surface area contributed by atoms with Crippen LogP contribution in [0.3, 0.4) is 0 Å². The molecule has 104 valence electrons. The van der Waals surface area contributed by atoms with Crippen molar-refractivity contribution >= 4 is 23.5 Å². The van der Waals surface area contributed by atoms with Gasteiger partial charge in [-0.25, -0.2) is 4.79 Å². The average Bonchev–Trinajstić information content (AvgIpc) is 3.00. The van der Waals surface area contributed by atoms with Crippen molar-refractivity contribution in [3.05, 3.63) is 23.0 Å². The molecule has 0 aromatic carbocycles. The first-order valence-electron chi connectivity index (χ1n) is 6.41. The van der Waals surface area contributed by atoms with E-state index in [-0.39, 0.29) is 17.6 Å². The third-order valence-electron chi connectivity index (χ3n) is 3.22. The molecule has 5 nitrogen and oxygen atoms in total. The van der Waals surface area contributed by atoms with Gasteiger partial charge in [0, 0.05) is 12.2 Å². The van der Waals surface area contributed by atoms with Crippen molar-refractivity contribution in [3.63, 3.8) is 0 Å². The number of halogens is 1. The molecule has 1 atom stereocenters. The molecular weight excluding hydrogens is 268 g/mol. The quantitative estimate of drug-likeness (QED) is 0.833. The lowest BCUT2D eigenvalue weighted by Gasteiger charge is -2.16. The molecule has 2 rings (SSSR count). The molecule has 1 fully saturated rings. The summed E-state index contributed by atoms with van der Waals surface area (Å²) in [4.78, 5) is 26.2. The molecule has 0 saturated heterocycles. The highest BCUT2D eigenvalue weighted by atomic mass is 35.5. The first-order chi connectivity index (χ1) is 9.06. The van der Waals surface area contributed by atoms with E-state index >= 15 is 0 Å². The predicted octanol–water partition coefficient (Wildman–Crippen LogP) is 2.27. The Hall–Kier alpha value is -1.49. The van der Waals surface area contributed by atoms with Crippen LogP contribution >= 0.6 is 11.6 Å². The van der Waals surface area contributed by atoms with Crippen LogP contribution in [0.2, 0.25) is 5.02 Å². The molecule has 1 aliphatic carbocycles. The lowest BCUT2D eigenvalue weighted by Crippen LogP contribution is -2.40. The van der Waals surface area contributed by atoms with Gasteiger partial charge >= 0.3 is 5.97 Å². The monoisotopic (exact) mass is 284 g/mol. The van der Waals surface area contributed by atoms with Crippen LogP contribution in [-0.4, -0.2) is 29.0 Å². The summed E-state index contributed by atoms with van der Waals surface area (Å²) in [7, 11) is 0. The Labute approximate surface area is 116 Å². The Balaban J connectivity index is 1.84. The summed E-state index contributed by atoms with van der Waals surface area (Å²) in [5, 5.41) is 3.31. The van der Waals surface area contributed by atoms with Gasteiger partial charge in [0.2, 0.25) is 0 Å². The molecule has 19 heavy (non-hydrogen) atoms. The highest BCUT2D eigenvalue weighted by molar-refractivity contribution is 6.30. The van der Waals surface area contributed by atoms with Gasteiger partial charge in [0.25, 0.3) is 5.91 Å². The van der Waals surface area contributed by atoms with Crippen LogP contribution in [0.25, 0.3) is 0 Å². The van der Waals surface area contributed by atoms with E-state index in [1.807, 2.05) is 0 Å². The summed E-state index contributed by atoms with van der Waals surface area (Å²) in [5.41, 5.74) is 0.241. The highest BCUT2D eigenvalue weighted by Gasteiger charge is 2.23. The third kappa shape index (κ3) is 3.73. The first kappa shape index (κ1) is 13.9. The number of carbonyl (C=O) groups excluding carboxylic acids is 2. The minimum atomic E-state index is -0.810. The summed E-state index contributed by atoms with van der Waals surface area (Å²) in [5.74, 6) is -0.834. The largest absolute Gasteiger partial charge is 0.448 e. The van der Waals surface area contributed by atoms with Gasteiger partial charge in [-0.05, 0) is 25.8 Å². The summed E-state index contributed by atoms with van der Waals surface area (Å²) < 4.78 is 5.08. The van der Waals surface area contributed by atoms with Gasteiger partial charge in [-0.15, -0.1) is 0 Å². The maximum Gasteiger partial charge on any atom is 0.355 e. The fourth-order valence-electron chi connectivity index (χ4n) is 2.15. The van der Waals surface area contributed by atoms with Gasteiger partial charge in [-0.3, -0.25) is 4.79 Å². The fraction of sp³-hybridized carbons (Fsp3) is 0.538. The van der Waals surface area contributed by atoms with Gasteiger partial charge < -0.3 is 15.0 Å². The van der Waals surface area contributed by atoms with Crippen LogP contribution in [-0.2, 0) is 9.53 Å². The van der Waals surface area contributed by atoms with E-state index < -0.39 is 12.1 Å². The predicted molar refractivity (Wildman–Crippen MR) is 71.1 cm³/mol. The smallest absolute Gasteiger partial charge is 0.355 e. The second-order valence-electron chi connectivity index (χ2n) is 4.77. The molecule has 1 aromatic rings. The standard InChI is InChI=1S/C13H17ClN2O3/c1-8(12(17)16-10-4-2-3-5-10)19-13(18)11-6-9(14)7-15-11/h6-8,10,15H,2-5H2,1H3,(H,16,17)/t8-/m0/s1. The van der Waals surface area contributed by atoms with E-state index in [0.29, 0.717) is 5.02 Å². The zero-order chi connectivity index (χ0) is 13.8. The second-order valence-corrected chi connectivity index (χ2v) is 5.21. The normalized spacial score (nSPS) is 17.2. The van der Waals surface area contributed by atoms with E-state index in [0.717, 1.165) is 25.7 Å². The number of amides is 1. The highest BCUT2D eigenvalue weighted by Crippen LogP contribution is 2.18. The molecule has 1 amide bonds. The molecule has 1 heterocycles. The first-order valence-corrected chi connectivity index (χ1v) is 6.79. The van der Waals surface area contributed by atoms with Crippen molar-refractivity contribution in [2.75, 3.05) is 0 Å².